The van der Waals surface area contributed by atoms with Crippen LogP contribution in [0.3, 0.4) is 0 Å². The zero-order valence-electron chi connectivity index (χ0n) is 17.9. The number of carbonyl (C=O) groups excluding carboxylic acids is 2. The van der Waals surface area contributed by atoms with Gasteiger partial charge in [-0.05, 0) is 54.5 Å². The molecular formula is C25H28N2O4. The molecule has 3 fully saturated rings. The average Bonchev–Trinajstić information content (AvgIpc) is 2.77. The van der Waals surface area contributed by atoms with Crippen molar-refractivity contribution in [1.82, 2.24) is 10.6 Å². The van der Waals surface area contributed by atoms with E-state index in [1.807, 2.05) is 42.5 Å². The van der Waals surface area contributed by atoms with Gasteiger partial charge < -0.3 is 20.1 Å². The molecule has 6 heteroatoms. The Morgan fingerprint density at radius 2 is 2.10 bits per heavy atom. The molecule has 162 valence electrons. The van der Waals surface area contributed by atoms with Crippen molar-refractivity contribution in [2.45, 2.75) is 44.9 Å². The monoisotopic (exact) mass is 420 g/mol. The van der Waals surface area contributed by atoms with Crippen LogP contribution >= 0.6 is 0 Å². The molecule has 0 aromatic heterocycles. The standard InChI is InChI=1S/C25H28N2O4/c1-24-11-10-17(25(15-24)27-22(28)19-8-3-4-9-21(19)31-25)13-20(24)23(29)26-14-16-6-5-7-18(12-16)30-2/h3-9,12,17,20H,10-11,13-15H2,1-2H3,(H,26,29)(H,27,28)/t17-,20-,24+,25+/m1/s1. The van der Waals surface area contributed by atoms with Gasteiger partial charge >= 0.3 is 0 Å². The number of para-hydroxylation sites is 1. The Bertz CT molecular complexity index is 1040. The van der Waals surface area contributed by atoms with Crippen molar-refractivity contribution in [3.05, 3.63) is 59.7 Å². The van der Waals surface area contributed by atoms with Gasteiger partial charge in [0.2, 0.25) is 5.91 Å². The number of hydrogen-bond acceptors (Lipinski definition) is 4. The van der Waals surface area contributed by atoms with Crippen LogP contribution in [-0.4, -0.2) is 24.6 Å². The zero-order chi connectivity index (χ0) is 21.6. The van der Waals surface area contributed by atoms with Gasteiger partial charge in [-0.15, -0.1) is 0 Å². The van der Waals surface area contributed by atoms with Crippen LogP contribution in [0.5, 0.6) is 11.5 Å². The highest BCUT2D eigenvalue weighted by Gasteiger charge is 2.61. The average molecular weight is 421 g/mol. The molecule has 6 nitrogen and oxygen atoms in total. The third-order valence-corrected chi connectivity index (χ3v) is 7.42. The molecule has 1 heterocycles. The number of hydrogen-bond donors (Lipinski definition) is 2. The molecule has 2 aromatic carbocycles. The summed E-state index contributed by atoms with van der Waals surface area (Å²) in [7, 11) is 1.64. The summed E-state index contributed by atoms with van der Waals surface area (Å²) in [6, 6.07) is 15.1. The second-order valence-corrected chi connectivity index (χ2v) is 9.37. The highest BCUT2D eigenvalue weighted by atomic mass is 16.5. The SMILES string of the molecule is COc1cccc(CNC(=O)[C@H]2C[C@H]3CC[C@@]2(C)C[C@@]32NC(=O)c3ccccc3O2)c1. The number of ether oxygens (including phenoxy) is 2. The van der Waals surface area contributed by atoms with Crippen LogP contribution < -0.4 is 20.1 Å². The first kappa shape index (κ1) is 19.9. The van der Waals surface area contributed by atoms with E-state index in [9.17, 15) is 9.59 Å². The number of methoxy groups -OCH3 is 1. The highest BCUT2D eigenvalue weighted by Crippen LogP contribution is 2.58. The van der Waals surface area contributed by atoms with Gasteiger partial charge in [-0.3, -0.25) is 9.59 Å². The summed E-state index contributed by atoms with van der Waals surface area (Å²) in [6.07, 6.45) is 3.25. The Labute approximate surface area is 182 Å². The van der Waals surface area contributed by atoms with E-state index in [-0.39, 0.29) is 29.1 Å². The fourth-order valence-corrected chi connectivity index (χ4v) is 5.75. The van der Waals surface area contributed by atoms with E-state index >= 15 is 0 Å². The first-order chi connectivity index (χ1) is 14.9. The first-order valence-corrected chi connectivity index (χ1v) is 10.9. The van der Waals surface area contributed by atoms with Crippen LogP contribution in [-0.2, 0) is 11.3 Å². The normalized spacial score (nSPS) is 30.8. The maximum atomic E-state index is 13.2. The Kier molecular flexibility index (Phi) is 4.68. The molecule has 6 rings (SSSR count). The van der Waals surface area contributed by atoms with Crippen molar-refractivity contribution in [1.29, 1.82) is 0 Å². The molecule has 3 saturated carbocycles. The van der Waals surface area contributed by atoms with Gasteiger partial charge in [0, 0.05) is 24.8 Å². The molecule has 2 amide bonds. The van der Waals surface area contributed by atoms with Gasteiger partial charge in [-0.2, -0.15) is 0 Å². The second-order valence-electron chi connectivity index (χ2n) is 9.37. The largest absolute Gasteiger partial charge is 0.497 e. The summed E-state index contributed by atoms with van der Waals surface area (Å²) in [5.74, 6) is 1.42. The van der Waals surface area contributed by atoms with Crippen molar-refractivity contribution < 1.29 is 19.1 Å². The van der Waals surface area contributed by atoms with E-state index < -0.39 is 5.72 Å². The Hall–Kier alpha value is -3.02. The minimum Gasteiger partial charge on any atom is -0.497 e. The lowest BCUT2D eigenvalue weighted by atomic mass is 9.52. The predicted octanol–water partition coefficient (Wildman–Crippen LogP) is 3.66. The number of amides is 2. The maximum Gasteiger partial charge on any atom is 0.258 e. The van der Waals surface area contributed by atoms with Crippen LogP contribution in [0.25, 0.3) is 0 Å². The van der Waals surface area contributed by atoms with Crippen molar-refractivity contribution >= 4 is 11.8 Å². The molecule has 31 heavy (non-hydrogen) atoms. The van der Waals surface area contributed by atoms with Crippen molar-refractivity contribution in [3.8, 4) is 11.5 Å². The fraction of sp³-hybridized carbons (Fsp3) is 0.440. The van der Waals surface area contributed by atoms with Gasteiger partial charge in [0.1, 0.15) is 11.5 Å². The predicted molar refractivity (Wildman–Crippen MR) is 116 cm³/mol. The molecule has 2 N–H and O–H groups in total. The maximum absolute atomic E-state index is 13.2. The van der Waals surface area contributed by atoms with Crippen molar-refractivity contribution in [2.24, 2.45) is 17.3 Å². The Balaban J connectivity index is 1.32. The topological polar surface area (TPSA) is 76.7 Å². The number of carbonyl (C=O) groups is 2. The summed E-state index contributed by atoms with van der Waals surface area (Å²) in [5.41, 5.74) is 0.636. The molecule has 1 aliphatic heterocycles. The molecule has 2 aromatic rings. The third-order valence-electron chi connectivity index (χ3n) is 7.42. The van der Waals surface area contributed by atoms with Gasteiger partial charge in [-0.1, -0.05) is 31.2 Å². The van der Waals surface area contributed by atoms with E-state index in [1.165, 1.54) is 0 Å². The molecule has 4 atom stereocenters. The Morgan fingerprint density at radius 1 is 1.26 bits per heavy atom. The lowest BCUT2D eigenvalue weighted by molar-refractivity contribution is -0.167. The minimum absolute atomic E-state index is 0.0763. The van der Waals surface area contributed by atoms with Crippen LogP contribution in [0.15, 0.2) is 48.5 Å². The summed E-state index contributed by atoms with van der Waals surface area (Å²) in [5, 5.41) is 6.29. The van der Waals surface area contributed by atoms with E-state index in [1.54, 1.807) is 13.2 Å². The fourth-order valence-electron chi connectivity index (χ4n) is 5.75. The van der Waals surface area contributed by atoms with Gasteiger partial charge in [0.05, 0.1) is 12.7 Å². The number of fused-ring (bicyclic) bond motifs is 3. The zero-order valence-corrected chi connectivity index (χ0v) is 17.9. The van der Waals surface area contributed by atoms with Gasteiger partial charge in [0.25, 0.3) is 5.91 Å². The second kappa shape index (κ2) is 7.29. The smallest absolute Gasteiger partial charge is 0.258 e. The van der Waals surface area contributed by atoms with E-state index in [0.717, 1.165) is 24.2 Å². The molecule has 2 bridgehead atoms. The molecule has 3 aliphatic carbocycles. The number of benzene rings is 2. The van der Waals surface area contributed by atoms with Crippen molar-refractivity contribution in [2.75, 3.05) is 7.11 Å². The lowest BCUT2D eigenvalue weighted by Crippen LogP contribution is -2.69. The highest BCUT2D eigenvalue weighted by molar-refractivity contribution is 5.98. The lowest BCUT2D eigenvalue weighted by Gasteiger charge is -2.59. The van der Waals surface area contributed by atoms with Crippen LogP contribution in [0, 0.1) is 17.3 Å². The summed E-state index contributed by atoms with van der Waals surface area (Å²) in [6.45, 7) is 2.63. The van der Waals surface area contributed by atoms with Crippen molar-refractivity contribution in [3.63, 3.8) is 0 Å². The summed E-state index contributed by atoms with van der Waals surface area (Å²) in [4.78, 5) is 26.0. The van der Waals surface area contributed by atoms with Crippen LogP contribution in [0.4, 0.5) is 0 Å². The summed E-state index contributed by atoms with van der Waals surface area (Å²) < 4.78 is 11.7. The first-order valence-electron chi connectivity index (χ1n) is 10.9. The van der Waals surface area contributed by atoms with E-state index in [2.05, 4.69) is 17.6 Å². The molecule has 4 aliphatic rings. The minimum atomic E-state index is -0.720. The molecule has 0 radical (unpaired) electrons. The van der Waals surface area contributed by atoms with Gasteiger partial charge in [-0.25, -0.2) is 0 Å². The quantitative estimate of drug-likeness (QED) is 0.792. The van der Waals surface area contributed by atoms with E-state index in [0.29, 0.717) is 30.7 Å². The molecule has 1 spiro atoms. The number of nitrogens with one attached hydrogen (secondary N) is 2. The van der Waals surface area contributed by atoms with Crippen LogP contribution in [0.2, 0.25) is 0 Å². The molecule has 0 unspecified atom stereocenters. The Morgan fingerprint density at radius 3 is 2.90 bits per heavy atom. The van der Waals surface area contributed by atoms with E-state index in [4.69, 9.17) is 9.47 Å². The third kappa shape index (κ3) is 3.34. The molecule has 0 saturated heterocycles. The summed E-state index contributed by atoms with van der Waals surface area (Å²) >= 11 is 0. The molecular weight excluding hydrogens is 392 g/mol. The van der Waals surface area contributed by atoms with Crippen LogP contribution in [0.1, 0.15) is 48.5 Å². The number of rotatable bonds is 4. The van der Waals surface area contributed by atoms with Gasteiger partial charge in [0.15, 0.2) is 5.72 Å².